The number of para-hydroxylation sites is 1. The maximum atomic E-state index is 13.1. The molecule has 0 saturated heterocycles. The minimum atomic E-state index is 0.0456. The van der Waals surface area contributed by atoms with E-state index < -0.39 is 0 Å². The standard InChI is InChI=1S/C22H29N3OS3/c1-16(2)24(17(3)4)12-13-27-14-15-28-22(26)25-18-8-5-6-9-19(18)29-20-10-7-11-23-21(20)25/h5-11,16-17H,12-15H2,1-4H3. The highest BCUT2D eigenvalue weighted by Crippen LogP contribution is 2.47. The van der Waals surface area contributed by atoms with Gasteiger partial charge in [0.25, 0.3) is 5.24 Å². The normalized spacial score (nSPS) is 13.1. The number of pyridine rings is 1. The van der Waals surface area contributed by atoms with E-state index in [2.05, 4.69) is 43.6 Å². The average Bonchev–Trinajstić information content (AvgIpc) is 2.70. The van der Waals surface area contributed by atoms with Crippen molar-refractivity contribution >= 4 is 52.0 Å². The van der Waals surface area contributed by atoms with Gasteiger partial charge in [-0.1, -0.05) is 35.7 Å². The first kappa shape index (κ1) is 22.5. The Morgan fingerprint density at radius 2 is 1.76 bits per heavy atom. The van der Waals surface area contributed by atoms with Crippen LogP contribution in [0.3, 0.4) is 0 Å². The fraction of sp³-hybridized carbons (Fsp3) is 0.455. The lowest BCUT2D eigenvalue weighted by Gasteiger charge is -2.30. The zero-order valence-electron chi connectivity index (χ0n) is 17.5. The molecule has 1 aromatic carbocycles. The molecule has 29 heavy (non-hydrogen) atoms. The topological polar surface area (TPSA) is 36.4 Å². The minimum Gasteiger partial charge on any atom is -0.298 e. The van der Waals surface area contributed by atoms with E-state index in [0.29, 0.717) is 12.1 Å². The first-order valence-corrected chi connectivity index (χ1v) is 13.0. The summed E-state index contributed by atoms with van der Waals surface area (Å²) < 4.78 is 0. The van der Waals surface area contributed by atoms with Gasteiger partial charge in [0, 0.05) is 47.0 Å². The number of aromatic nitrogens is 1. The van der Waals surface area contributed by atoms with E-state index in [0.717, 1.165) is 45.1 Å². The molecule has 3 rings (SSSR count). The van der Waals surface area contributed by atoms with Crippen molar-refractivity contribution in [3.05, 3.63) is 42.6 Å². The Balaban J connectivity index is 1.54. The average molecular weight is 448 g/mol. The summed E-state index contributed by atoms with van der Waals surface area (Å²) in [7, 11) is 0. The summed E-state index contributed by atoms with van der Waals surface area (Å²) in [6.07, 6.45) is 1.75. The number of rotatable bonds is 8. The molecule has 1 amide bonds. The van der Waals surface area contributed by atoms with Crippen molar-refractivity contribution in [1.82, 2.24) is 9.88 Å². The van der Waals surface area contributed by atoms with Crippen LogP contribution in [0, 0.1) is 0 Å². The summed E-state index contributed by atoms with van der Waals surface area (Å²) >= 11 is 4.98. The van der Waals surface area contributed by atoms with Crippen molar-refractivity contribution in [2.45, 2.75) is 49.6 Å². The van der Waals surface area contributed by atoms with Crippen LogP contribution >= 0.6 is 35.3 Å². The first-order chi connectivity index (χ1) is 14.0. The summed E-state index contributed by atoms with van der Waals surface area (Å²) in [5, 5.41) is 0.0456. The fourth-order valence-electron chi connectivity index (χ4n) is 3.41. The quantitative estimate of drug-likeness (QED) is 0.436. The molecule has 0 fully saturated rings. The molecular weight excluding hydrogens is 418 g/mol. The molecular formula is C22H29N3OS3. The lowest BCUT2D eigenvalue weighted by atomic mass is 10.2. The van der Waals surface area contributed by atoms with E-state index in [1.165, 1.54) is 11.8 Å². The van der Waals surface area contributed by atoms with E-state index >= 15 is 0 Å². The van der Waals surface area contributed by atoms with Crippen molar-refractivity contribution in [2.24, 2.45) is 0 Å². The van der Waals surface area contributed by atoms with Crippen LogP contribution in [0.15, 0.2) is 52.4 Å². The minimum absolute atomic E-state index is 0.0456. The summed E-state index contributed by atoms with van der Waals surface area (Å²) in [5.41, 5.74) is 0.929. The number of carbonyl (C=O) groups excluding carboxylic acids is 1. The molecule has 0 radical (unpaired) electrons. The molecule has 156 valence electrons. The van der Waals surface area contributed by atoms with E-state index in [4.69, 9.17) is 0 Å². The molecule has 0 atom stereocenters. The Morgan fingerprint density at radius 3 is 2.52 bits per heavy atom. The number of benzene rings is 1. The van der Waals surface area contributed by atoms with Gasteiger partial charge in [0.15, 0.2) is 5.82 Å². The Hall–Kier alpha value is -1.15. The van der Waals surface area contributed by atoms with Gasteiger partial charge in [0.05, 0.1) is 10.6 Å². The molecule has 2 heterocycles. The first-order valence-electron chi connectivity index (χ1n) is 10.0. The molecule has 4 nitrogen and oxygen atoms in total. The van der Waals surface area contributed by atoms with Gasteiger partial charge in [0.1, 0.15) is 0 Å². The predicted octanol–water partition coefficient (Wildman–Crippen LogP) is 6.39. The molecule has 0 unspecified atom stereocenters. The SMILES string of the molecule is CC(C)N(CCSCCSC(=O)N1c2ccccc2Sc2cccnc21)C(C)C. The summed E-state index contributed by atoms with van der Waals surface area (Å²) in [6.45, 7) is 10.1. The second kappa shape index (κ2) is 10.8. The Bertz CT molecular complexity index is 775. The van der Waals surface area contributed by atoms with Crippen molar-refractivity contribution in [3.8, 4) is 0 Å². The highest BCUT2D eigenvalue weighted by Gasteiger charge is 2.29. The highest BCUT2D eigenvalue weighted by molar-refractivity contribution is 8.14. The van der Waals surface area contributed by atoms with Crippen molar-refractivity contribution < 1.29 is 4.79 Å². The molecule has 0 bridgehead atoms. The summed E-state index contributed by atoms with van der Waals surface area (Å²) in [4.78, 5) is 24.0. The summed E-state index contributed by atoms with van der Waals surface area (Å²) in [6, 6.07) is 13.1. The van der Waals surface area contributed by atoms with Gasteiger partial charge in [0.2, 0.25) is 0 Å². The Labute approximate surface area is 187 Å². The van der Waals surface area contributed by atoms with Gasteiger partial charge in [-0.15, -0.1) is 0 Å². The fourth-order valence-corrected chi connectivity index (χ4v) is 6.28. The predicted molar refractivity (Wildman–Crippen MR) is 129 cm³/mol. The second-order valence-electron chi connectivity index (χ2n) is 7.38. The van der Waals surface area contributed by atoms with Crippen molar-refractivity contribution in [3.63, 3.8) is 0 Å². The van der Waals surface area contributed by atoms with E-state index in [1.54, 1.807) is 22.9 Å². The maximum absolute atomic E-state index is 13.1. The number of fused-ring (bicyclic) bond motifs is 2. The highest BCUT2D eigenvalue weighted by atomic mass is 32.2. The number of hydrogen-bond acceptors (Lipinski definition) is 6. The lowest BCUT2D eigenvalue weighted by molar-refractivity contribution is 0.187. The van der Waals surface area contributed by atoms with Crippen LogP contribution in [-0.2, 0) is 0 Å². The molecule has 1 aromatic heterocycles. The van der Waals surface area contributed by atoms with Gasteiger partial charge >= 0.3 is 0 Å². The molecule has 0 saturated carbocycles. The third-order valence-corrected chi connectivity index (χ3v) is 7.91. The zero-order chi connectivity index (χ0) is 20.8. The van der Waals surface area contributed by atoms with Gasteiger partial charge < -0.3 is 0 Å². The van der Waals surface area contributed by atoms with E-state index in [9.17, 15) is 4.79 Å². The summed E-state index contributed by atoms with van der Waals surface area (Å²) in [5.74, 6) is 3.62. The molecule has 0 aliphatic carbocycles. The molecule has 7 heteroatoms. The van der Waals surface area contributed by atoms with E-state index in [-0.39, 0.29) is 5.24 Å². The molecule has 2 aromatic rings. The maximum Gasteiger partial charge on any atom is 0.291 e. The van der Waals surface area contributed by atoms with Crippen LogP contribution in [0.25, 0.3) is 0 Å². The number of thioether (sulfide) groups is 2. The molecule has 0 spiro atoms. The van der Waals surface area contributed by atoms with Crippen molar-refractivity contribution in [1.29, 1.82) is 0 Å². The van der Waals surface area contributed by atoms with Crippen LogP contribution in [0.2, 0.25) is 0 Å². The van der Waals surface area contributed by atoms with Gasteiger partial charge in [-0.05, 0) is 52.0 Å². The molecule has 1 aliphatic rings. The molecule has 0 N–H and O–H groups in total. The largest absolute Gasteiger partial charge is 0.298 e. The number of hydrogen-bond donors (Lipinski definition) is 0. The lowest BCUT2D eigenvalue weighted by Crippen LogP contribution is -2.38. The van der Waals surface area contributed by atoms with Gasteiger partial charge in [-0.25, -0.2) is 4.98 Å². The zero-order valence-corrected chi connectivity index (χ0v) is 19.9. The van der Waals surface area contributed by atoms with Crippen LogP contribution in [0.5, 0.6) is 0 Å². The molecule has 1 aliphatic heterocycles. The van der Waals surface area contributed by atoms with Crippen molar-refractivity contribution in [2.75, 3.05) is 28.7 Å². The van der Waals surface area contributed by atoms with Crippen LogP contribution in [-0.4, -0.2) is 51.0 Å². The van der Waals surface area contributed by atoms with Gasteiger partial charge in [-0.2, -0.15) is 11.8 Å². The Morgan fingerprint density at radius 1 is 1.03 bits per heavy atom. The number of nitrogens with zero attached hydrogens (tertiary/aromatic N) is 3. The monoisotopic (exact) mass is 447 g/mol. The van der Waals surface area contributed by atoms with Crippen LogP contribution in [0.4, 0.5) is 16.3 Å². The third-order valence-electron chi connectivity index (χ3n) is 4.74. The second-order valence-corrected chi connectivity index (χ2v) is 10.7. The Kier molecular flexibility index (Phi) is 8.35. The third kappa shape index (κ3) is 5.72. The van der Waals surface area contributed by atoms with Gasteiger partial charge in [-0.3, -0.25) is 14.6 Å². The van der Waals surface area contributed by atoms with E-state index in [1.807, 2.05) is 42.1 Å². The number of amides is 1. The number of anilines is 2. The van der Waals surface area contributed by atoms with Crippen LogP contribution in [0.1, 0.15) is 27.7 Å². The smallest absolute Gasteiger partial charge is 0.291 e. The number of carbonyl (C=O) groups is 1. The van der Waals surface area contributed by atoms with Crippen LogP contribution < -0.4 is 4.90 Å².